The van der Waals surface area contributed by atoms with Crippen LogP contribution in [-0.2, 0) is 11.2 Å². The molecule has 0 radical (unpaired) electrons. The van der Waals surface area contributed by atoms with Crippen LogP contribution < -0.4 is 11.1 Å². The Kier molecular flexibility index (Phi) is 5.41. The molecule has 0 aliphatic rings. The summed E-state index contributed by atoms with van der Waals surface area (Å²) < 4.78 is 5.20. The largest absolute Gasteiger partial charge is 0.469 e. The number of hydrogen-bond acceptors (Lipinski definition) is 3. The van der Waals surface area contributed by atoms with E-state index in [4.69, 9.17) is 10.2 Å². The quantitative estimate of drug-likeness (QED) is 0.814. The van der Waals surface area contributed by atoms with Gasteiger partial charge in [0.05, 0.1) is 6.26 Å². The highest BCUT2D eigenvalue weighted by Crippen LogP contribution is 2.21. The number of furan rings is 1. The third kappa shape index (κ3) is 4.92. The van der Waals surface area contributed by atoms with Gasteiger partial charge in [0.2, 0.25) is 5.91 Å². The number of hydrogen-bond donors (Lipinski definition) is 2. The molecule has 18 heavy (non-hydrogen) atoms. The van der Waals surface area contributed by atoms with Gasteiger partial charge in [-0.3, -0.25) is 4.79 Å². The van der Waals surface area contributed by atoms with Crippen molar-refractivity contribution >= 4 is 5.91 Å². The van der Waals surface area contributed by atoms with Crippen LogP contribution in [0.1, 0.15) is 39.4 Å². The van der Waals surface area contributed by atoms with Crippen molar-refractivity contribution in [2.75, 3.05) is 6.54 Å². The molecule has 1 rings (SSSR count). The molecule has 1 aromatic rings. The number of carbonyl (C=O) groups excluding carboxylic acids is 1. The van der Waals surface area contributed by atoms with Gasteiger partial charge in [-0.25, -0.2) is 0 Å². The van der Waals surface area contributed by atoms with Crippen LogP contribution in [-0.4, -0.2) is 18.5 Å². The zero-order valence-electron chi connectivity index (χ0n) is 11.5. The van der Waals surface area contributed by atoms with E-state index in [1.807, 2.05) is 12.1 Å². The number of carbonyl (C=O) groups is 1. The van der Waals surface area contributed by atoms with E-state index in [-0.39, 0.29) is 17.4 Å². The van der Waals surface area contributed by atoms with Crippen molar-refractivity contribution in [3.8, 4) is 0 Å². The lowest BCUT2D eigenvalue weighted by Gasteiger charge is -2.31. The minimum Gasteiger partial charge on any atom is -0.469 e. The molecule has 1 heterocycles. The maximum atomic E-state index is 11.9. The first-order valence-corrected chi connectivity index (χ1v) is 6.45. The Morgan fingerprint density at radius 2 is 2.22 bits per heavy atom. The van der Waals surface area contributed by atoms with Crippen molar-refractivity contribution in [3.63, 3.8) is 0 Å². The molecule has 0 bridgehead atoms. The predicted octanol–water partition coefficient (Wildman–Crippen LogP) is 2.09. The molecule has 0 saturated carbocycles. The summed E-state index contributed by atoms with van der Waals surface area (Å²) in [6.45, 7) is 6.92. The Morgan fingerprint density at radius 3 is 2.72 bits per heavy atom. The van der Waals surface area contributed by atoms with E-state index in [1.54, 1.807) is 6.26 Å². The third-order valence-corrected chi connectivity index (χ3v) is 3.01. The minimum atomic E-state index is 0.0275. The summed E-state index contributed by atoms with van der Waals surface area (Å²) in [7, 11) is 0. The molecule has 0 aliphatic heterocycles. The van der Waals surface area contributed by atoms with Gasteiger partial charge in [0.15, 0.2) is 0 Å². The van der Waals surface area contributed by atoms with Gasteiger partial charge >= 0.3 is 0 Å². The van der Waals surface area contributed by atoms with Gasteiger partial charge in [-0.2, -0.15) is 0 Å². The summed E-state index contributed by atoms with van der Waals surface area (Å²) in [5, 5.41) is 3.06. The number of nitrogens with two attached hydrogens (primary N) is 1. The summed E-state index contributed by atoms with van der Waals surface area (Å²) in [5.74, 6) is 0.899. The van der Waals surface area contributed by atoms with Gasteiger partial charge in [0, 0.05) is 18.9 Å². The summed E-state index contributed by atoms with van der Waals surface area (Å²) in [4.78, 5) is 11.9. The lowest BCUT2D eigenvalue weighted by Crippen LogP contribution is -2.44. The first-order valence-electron chi connectivity index (χ1n) is 6.45. The van der Waals surface area contributed by atoms with Gasteiger partial charge in [0.1, 0.15) is 5.76 Å². The number of aryl methyl sites for hydroxylation is 1. The predicted molar refractivity (Wildman–Crippen MR) is 72.1 cm³/mol. The van der Waals surface area contributed by atoms with Crippen LogP contribution in [0.15, 0.2) is 22.8 Å². The lowest BCUT2D eigenvalue weighted by atomic mass is 9.84. The van der Waals surface area contributed by atoms with Gasteiger partial charge in [-0.05, 0) is 30.5 Å². The van der Waals surface area contributed by atoms with Crippen LogP contribution >= 0.6 is 0 Å². The molecule has 0 spiro atoms. The first kappa shape index (κ1) is 14.8. The normalized spacial score (nSPS) is 13.3. The van der Waals surface area contributed by atoms with Crippen molar-refractivity contribution in [2.45, 2.75) is 46.1 Å². The molecule has 0 aromatic carbocycles. The standard InChI is InChI=1S/C14H24N2O2/c1-14(2,3)12(8-9-15)16-13(17)7-6-11-5-4-10-18-11/h4-5,10,12H,6-9,15H2,1-3H3,(H,16,17). The highest BCUT2D eigenvalue weighted by Gasteiger charge is 2.25. The second-order valence-electron chi connectivity index (χ2n) is 5.64. The summed E-state index contributed by atoms with van der Waals surface area (Å²) in [6.07, 6.45) is 3.51. The number of rotatable bonds is 6. The number of nitrogens with one attached hydrogen (secondary N) is 1. The third-order valence-electron chi connectivity index (χ3n) is 3.01. The molecule has 0 fully saturated rings. The van der Waals surface area contributed by atoms with Crippen molar-refractivity contribution < 1.29 is 9.21 Å². The number of amides is 1. The van der Waals surface area contributed by atoms with Crippen molar-refractivity contribution in [1.82, 2.24) is 5.32 Å². The fourth-order valence-electron chi connectivity index (χ4n) is 1.85. The van der Waals surface area contributed by atoms with Crippen LogP contribution in [0.3, 0.4) is 0 Å². The van der Waals surface area contributed by atoms with Crippen molar-refractivity contribution in [3.05, 3.63) is 24.2 Å². The molecule has 0 aliphatic carbocycles. The summed E-state index contributed by atoms with van der Waals surface area (Å²) in [6, 6.07) is 3.83. The molecule has 102 valence electrons. The molecular weight excluding hydrogens is 228 g/mol. The van der Waals surface area contributed by atoms with Crippen molar-refractivity contribution in [1.29, 1.82) is 0 Å². The Labute approximate surface area is 109 Å². The van der Waals surface area contributed by atoms with Gasteiger partial charge in [-0.15, -0.1) is 0 Å². The second kappa shape index (κ2) is 6.59. The van der Waals surface area contributed by atoms with E-state index in [9.17, 15) is 4.79 Å². The van der Waals surface area contributed by atoms with Crippen LogP contribution in [0, 0.1) is 5.41 Å². The van der Waals surface area contributed by atoms with E-state index >= 15 is 0 Å². The molecular formula is C14H24N2O2. The van der Waals surface area contributed by atoms with E-state index in [0.717, 1.165) is 12.2 Å². The van der Waals surface area contributed by atoms with Crippen LogP contribution in [0.5, 0.6) is 0 Å². The molecule has 1 aromatic heterocycles. The average Bonchev–Trinajstić information content (AvgIpc) is 2.77. The molecule has 1 atom stereocenters. The zero-order valence-corrected chi connectivity index (χ0v) is 11.5. The Bertz CT molecular complexity index is 352. The molecule has 4 nitrogen and oxygen atoms in total. The fourth-order valence-corrected chi connectivity index (χ4v) is 1.85. The monoisotopic (exact) mass is 252 g/mol. The molecule has 3 N–H and O–H groups in total. The zero-order chi connectivity index (χ0) is 13.6. The lowest BCUT2D eigenvalue weighted by molar-refractivity contribution is -0.122. The average molecular weight is 252 g/mol. The van der Waals surface area contributed by atoms with Crippen LogP contribution in [0.2, 0.25) is 0 Å². The first-order chi connectivity index (χ1) is 8.43. The molecule has 1 amide bonds. The Hall–Kier alpha value is -1.29. The van der Waals surface area contributed by atoms with E-state index in [1.165, 1.54) is 0 Å². The molecule has 4 heteroatoms. The topological polar surface area (TPSA) is 68.3 Å². The van der Waals surface area contributed by atoms with E-state index in [2.05, 4.69) is 26.1 Å². The Morgan fingerprint density at radius 1 is 1.50 bits per heavy atom. The highest BCUT2D eigenvalue weighted by molar-refractivity contribution is 5.76. The smallest absolute Gasteiger partial charge is 0.220 e. The van der Waals surface area contributed by atoms with Gasteiger partial charge in [-0.1, -0.05) is 20.8 Å². The maximum absolute atomic E-state index is 11.9. The molecule has 1 unspecified atom stereocenters. The fraction of sp³-hybridized carbons (Fsp3) is 0.643. The maximum Gasteiger partial charge on any atom is 0.220 e. The Balaban J connectivity index is 2.41. The molecule has 0 saturated heterocycles. The van der Waals surface area contributed by atoms with E-state index < -0.39 is 0 Å². The van der Waals surface area contributed by atoms with E-state index in [0.29, 0.717) is 19.4 Å². The van der Waals surface area contributed by atoms with Crippen LogP contribution in [0.4, 0.5) is 0 Å². The summed E-state index contributed by atoms with van der Waals surface area (Å²) >= 11 is 0. The highest BCUT2D eigenvalue weighted by atomic mass is 16.3. The van der Waals surface area contributed by atoms with Crippen molar-refractivity contribution in [2.24, 2.45) is 11.1 Å². The minimum absolute atomic E-state index is 0.0275. The van der Waals surface area contributed by atoms with Crippen LogP contribution in [0.25, 0.3) is 0 Å². The summed E-state index contributed by atoms with van der Waals surface area (Å²) in [5.41, 5.74) is 5.61. The van der Waals surface area contributed by atoms with Gasteiger partial charge in [0.25, 0.3) is 0 Å². The second-order valence-corrected chi connectivity index (χ2v) is 5.64. The SMILES string of the molecule is CC(C)(C)C(CCN)NC(=O)CCc1ccco1. The van der Waals surface area contributed by atoms with Gasteiger partial charge < -0.3 is 15.5 Å².